The predicted octanol–water partition coefficient (Wildman–Crippen LogP) is 2.07. The minimum absolute atomic E-state index is 0.0732. The normalized spacial score (nSPS) is 20.2. The van der Waals surface area contributed by atoms with Crippen LogP contribution in [0.4, 0.5) is 0 Å². The van der Waals surface area contributed by atoms with Crippen LogP contribution < -0.4 is 5.56 Å². The molecule has 2 aliphatic rings. The van der Waals surface area contributed by atoms with Crippen molar-refractivity contribution >= 4 is 5.91 Å². The third-order valence-corrected chi connectivity index (χ3v) is 6.50. The van der Waals surface area contributed by atoms with Crippen LogP contribution in [0.15, 0.2) is 52.1 Å². The summed E-state index contributed by atoms with van der Waals surface area (Å²) in [7, 11) is 3.87. The van der Waals surface area contributed by atoms with E-state index in [0.29, 0.717) is 44.3 Å². The lowest BCUT2D eigenvalue weighted by Crippen LogP contribution is -2.49. The SMILES string of the molecule is CN(Cc1ccon1)Cc1ccc2n(c1=O)C[C@H]1C[C@@H]2CN(C(=O)c2cccn2C)C1. The van der Waals surface area contributed by atoms with E-state index in [1.807, 2.05) is 58.6 Å². The van der Waals surface area contributed by atoms with E-state index in [-0.39, 0.29) is 17.4 Å². The minimum atomic E-state index is 0.0732. The molecule has 0 aromatic carbocycles. The van der Waals surface area contributed by atoms with E-state index < -0.39 is 0 Å². The molecule has 162 valence electrons. The number of piperidine rings is 1. The molecule has 3 aromatic rings. The van der Waals surface area contributed by atoms with Crippen molar-refractivity contribution in [1.82, 2.24) is 24.1 Å². The van der Waals surface area contributed by atoms with Crippen LogP contribution >= 0.6 is 0 Å². The second kappa shape index (κ2) is 7.85. The van der Waals surface area contributed by atoms with Gasteiger partial charge < -0.3 is 18.6 Å². The average molecular weight is 422 g/mol. The molecule has 31 heavy (non-hydrogen) atoms. The number of rotatable bonds is 5. The topological polar surface area (TPSA) is 76.5 Å². The maximum Gasteiger partial charge on any atom is 0.270 e. The van der Waals surface area contributed by atoms with Gasteiger partial charge in [-0.05, 0) is 37.6 Å². The largest absolute Gasteiger partial charge is 0.364 e. The Morgan fingerprint density at radius 2 is 2.06 bits per heavy atom. The molecular weight excluding hydrogens is 394 g/mol. The molecule has 5 heterocycles. The monoisotopic (exact) mass is 421 g/mol. The summed E-state index contributed by atoms with van der Waals surface area (Å²) in [6, 6.07) is 9.63. The summed E-state index contributed by atoms with van der Waals surface area (Å²) in [5, 5.41) is 3.94. The first-order valence-electron chi connectivity index (χ1n) is 10.7. The molecule has 0 saturated carbocycles. The molecule has 1 fully saturated rings. The zero-order chi connectivity index (χ0) is 21.5. The molecule has 3 aromatic heterocycles. The molecule has 5 rings (SSSR count). The van der Waals surface area contributed by atoms with Crippen molar-refractivity contribution in [3.05, 3.63) is 75.8 Å². The molecule has 0 aliphatic carbocycles. The fourth-order valence-corrected chi connectivity index (χ4v) is 5.06. The summed E-state index contributed by atoms with van der Waals surface area (Å²) in [4.78, 5) is 30.3. The molecule has 2 atom stereocenters. The number of nitrogens with zero attached hydrogens (tertiary/aromatic N) is 5. The summed E-state index contributed by atoms with van der Waals surface area (Å²) in [6.07, 6.45) is 4.48. The van der Waals surface area contributed by atoms with E-state index in [2.05, 4.69) is 16.1 Å². The number of fused-ring (bicyclic) bond motifs is 4. The zero-order valence-corrected chi connectivity index (χ0v) is 17.9. The van der Waals surface area contributed by atoms with Gasteiger partial charge in [0, 0.05) is 69.2 Å². The van der Waals surface area contributed by atoms with Crippen LogP contribution in [0.25, 0.3) is 0 Å². The lowest BCUT2D eigenvalue weighted by Gasteiger charge is -2.43. The predicted molar refractivity (Wildman–Crippen MR) is 115 cm³/mol. The van der Waals surface area contributed by atoms with Crippen LogP contribution in [0, 0.1) is 5.92 Å². The van der Waals surface area contributed by atoms with Crippen molar-refractivity contribution in [3.8, 4) is 0 Å². The second-order valence-electron chi connectivity index (χ2n) is 8.88. The van der Waals surface area contributed by atoms with E-state index in [0.717, 1.165) is 23.4 Å². The van der Waals surface area contributed by atoms with Gasteiger partial charge in [-0.2, -0.15) is 0 Å². The molecule has 0 radical (unpaired) electrons. The molecule has 2 bridgehead atoms. The highest BCUT2D eigenvalue weighted by Gasteiger charge is 2.37. The summed E-state index contributed by atoms with van der Waals surface area (Å²) >= 11 is 0. The van der Waals surface area contributed by atoms with Crippen LogP contribution in [-0.4, -0.2) is 50.1 Å². The number of aromatic nitrogens is 3. The first kappa shape index (κ1) is 19.8. The molecule has 1 amide bonds. The van der Waals surface area contributed by atoms with Gasteiger partial charge in [0.25, 0.3) is 11.5 Å². The number of carbonyl (C=O) groups is 1. The Morgan fingerprint density at radius 3 is 2.81 bits per heavy atom. The summed E-state index contributed by atoms with van der Waals surface area (Å²) in [5.41, 5.74) is 3.47. The summed E-state index contributed by atoms with van der Waals surface area (Å²) < 4.78 is 8.70. The van der Waals surface area contributed by atoms with Crippen LogP contribution in [0.3, 0.4) is 0 Å². The number of pyridine rings is 1. The Kier molecular flexibility index (Phi) is 5.02. The number of likely N-dealkylation sites (tertiary alicyclic amines) is 1. The van der Waals surface area contributed by atoms with Crippen molar-refractivity contribution in [2.75, 3.05) is 20.1 Å². The Morgan fingerprint density at radius 1 is 1.19 bits per heavy atom. The highest BCUT2D eigenvalue weighted by molar-refractivity contribution is 5.92. The molecule has 2 aliphatic heterocycles. The lowest BCUT2D eigenvalue weighted by molar-refractivity contribution is 0.0584. The van der Waals surface area contributed by atoms with Crippen molar-refractivity contribution in [1.29, 1.82) is 0 Å². The minimum Gasteiger partial charge on any atom is -0.364 e. The molecule has 0 spiro atoms. The fourth-order valence-electron chi connectivity index (χ4n) is 5.06. The van der Waals surface area contributed by atoms with E-state index in [4.69, 9.17) is 4.52 Å². The molecular formula is C23H27N5O3. The maximum atomic E-state index is 13.2. The van der Waals surface area contributed by atoms with Crippen molar-refractivity contribution in [2.45, 2.75) is 32.0 Å². The first-order valence-corrected chi connectivity index (χ1v) is 10.7. The lowest BCUT2D eigenvalue weighted by atomic mass is 9.83. The van der Waals surface area contributed by atoms with Crippen molar-refractivity contribution in [2.24, 2.45) is 13.0 Å². The number of amides is 1. The Bertz CT molecular complexity index is 1150. The number of hydrogen-bond acceptors (Lipinski definition) is 5. The molecule has 8 nitrogen and oxygen atoms in total. The van der Waals surface area contributed by atoms with Gasteiger partial charge in [-0.15, -0.1) is 0 Å². The van der Waals surface area contributed by atoms with Crippen LogP contribution in [0.5, 0.6) is 0 Å². The molecule has 0 unspecified atom stereocenters. The second-order valence-corrected chi connectivity index (χ2v) is 8.88. The van der Waals surface area contributed by atoms with Crippen molar-refractivity contribution < 1.29 is 9.32 Å². The van der Waals surface area contributed by atoms with Gasteiger partial charge in [-0.3, -0.25) is 14.5 Å². The standard InChI is InChI=1S/C23H27N5O3/c1-25(15-19-7-9-31-24-19)13-17-5-6-20-18-10-16(12-28(20)22(17)29)11-27(14-18)23(30)21-4-3-8-26(21)2/h3-9,16,18H,10-15H2,1-2H3/t16-,18+/m0/s1. The Balaban J connectivity index is 1.35. The highest BCUT2D eigenvalue weighted by Crippen LogP contribution is 2.35. The third kappa shape index (κ3) is 3.72. The fraction of sp³-hybridized carbons (Fsp3) is 0.435. The van der Waals surface area contributed by atoms with Gasteiger partial charge in [0.15, 0.2) is 0 Å². The number of hydrogen-bond donors (Lipinski definition) is 0. The summed E-state index contributed by atoms with van der Waals surface area (Å²) in [5.74, 6) is 0.576. The van der Waals surface area contributed by atoms with E-state index in [1.54, 1.807) is 6.26 Å². The quantitative estimate of drug-likeness (QED) is 0.630. The van der Waals surface area contributed by atoms with E-state index in [9.17, 15) is 9.59 Å². The van der Waals surface area contributed by atoms with E-state index in [1.165, 1.54) is 0 Å². The third-order valence-electron chi connectivity index (χ3n) is 6.50. The van der Waals surface area contributed by atoms with E-state index >= 15 is 0 Å². The summed E-state index contributed by atoms with van der Waals surface area (Å²) in [6.45, 7) is 3.20. The Labute approximate surface area is 180 Å². The highest BCUT2D eigenvalue weighted by atomic mass is 16.5. The molecule has 0 N–H and O–H groups in total. The average Bonchev–Trinajstić information content (AvgIpc) is 3.41. The maximum absolute atomic E-state index is 13.2. The van der Waals surface area contributed by atoms with Gasteiger partial charge in [0.05, 0.1) is 5.69 Å². The van der Waals surface area contributed by atoms with Gasteiger partial charge in [0.1, 0.15) is 12.0 Å². The van der Waals surface area contributed by atoms with Gasteiger partial charge in [0.2, 0.25) is 0 Å². The van der Waals surface area contributed by atoms with Gasteiger partial charge in [-0.25, -0.2) is 0 Å². The molecule has 8 heteroatoms. The van der Waals surface area contributed by atoms with Crippen LogP contribution in [0.2, 0.25) is 0 Å². The van der Waals surface area contributed by atoms with Crippen LogP contribution in [-0.2, 0) is 26.7 Å². The molecule has 1 saturated heterocycles. The first-order chi connectivity index (χ1) is 15.0. The zero-order valence-electron chi connectivity index (χ0n) is 17.9. The van der Waals surface area contributed by atoms with Crippen molar-refractivity contribution in [3.63, 3.8) is 0 Å². The number of aryl methyl sites for hydroxylation is 1. The van der Waals surface area contributed by atoms with Crippen LogP contribution in [0.1, 0.15) is 39.8 Å². The van der Waals surface area contributed by atoms with Gasteiger partial charge in [-0.1, -0.05) is 11.2 Å². The Hall–Kier alpha value is -3.13. The van der Waals surface area contributed by atoms with Gasteiger partial charge >= 0.3 is 0 Å². The smallest absolute Gasteiger partial charge is 0.270 e. The number of carbonyl (C=O) groups excluding carboxylic acids is 1.